The summed E-state index contributed by atoms with van der Waals surface area (Å²) in [5.41, 5.74) is 0.204. The molecule has 1 fully saturated rings. The van der Waals surface area contributed by atoms with Gasteiger partial charge >= 0.3 is 12.3 Å². The Balaban J connectivity index is 0.00000324. The van der Waals surface area contributed by atoms with Gasteiger partial charge in [0.05, 0.1) is 29.5 Å². The molecule has 0 radical (unpaired) electrons. The lowest BCUT2D eigenvalue weighted by Gasteiger charge is -2.22. The third-order valence-corrected chi connectivity index (χ3v) is 5.21. The Morgan fingerprint density at radius 1 is 1.18 bits per heavy atom. The summed E-state index contributed by atoms with van der Waals surface area (Å²) < 4.78 is 44.8. The van der Waals surface area contributed by atoms with Crippen LogP contribution in [0, 0.1) is 5.92 Å². The Morgan fingerprint density at radius 2 is 1.91 bits per heavy atom. The Labute approximate surface area is 188 Å². The van der Waals surface area contributed by atoms with E-state index in [2.05, 4.69) is 30.6 Å². The van der Waals surface area contributed by atoms with E-state index in [9.17, 15) is 18.0 Å². The number of nitrogens with one attached hydrogen (secondary N) is 1. The zero-order valence-electron chi connectivity index (χ0n) is 18.0. The predicted octanol–water partition coefficient (Wildman–Crippen LogP) is 3.87. The maximum atomic E-state index is 12.8. The lowest BCUT2D eigenvalue weighted by Crippen LogP contribution is -2.38. The van der Waals surface area contributed by atoms with E-state index in [0.29, 0.717) is 11.4 Å². The fraction of sp³-hybridized carbons (Fsp3) is 0.400. The van der Waals surface area contributed by atoms with Crippen molar-refractivity contribution in [1.29, 1.82) is 0 Å². The lowest BCUT2D eigenvalue weighted by atomic mass is 10.1. The molecular formula is C20H23F3N8O2. The first-order valence-corrected chi connectivity index (χ1v) is 10.1. The van der Waals surface area contributed by atoms with Crippen molar-refractivity contribution in [2.75, 3.05) is 16.8 Å². The van der Waals surface area contributed by atoms with Crippen LogP contribution >= 0.6 is 0 Å². The van der Waals surface area contributed by atoms with Gasteiger partial charge in [-0.2, -0.15) is 18.2 Å². The molecule has 0 unspecified atom stereocenters. The van der Waals surface area contributed by atoms with E-state index < -0.39 is 23.9 Å². The maximum Gasteiger partial charge on any atom is 0.417 e. The molecule has 1 N–H and O–H groups in total. The molecule has 1 aromatic carbocycles. The number of aromatic nitrogens is 6. The Morgan fingerprint density at radius 3 is 2.58 bits per heavy atom. The van der Waals surface area contributed by atoms with Gasteiger partial charge in [0.2, 0.25) is 11.9 Å². The molecule has 13 heteroatoms. The molecule has 1 aliphatic rings. The molecule has 1 amide bonds. The molecule has 1 aliphatic heterocycles. The fourth-order valence-electron chi connectivity index (χ4n) is 3.30. The van der Waals surface area contributed by atoms with Crippen LogP contribution in [0.3, 0.4) is 0 Å². The van der Waals surface area contributed by atoms with Crippen LogP contribution < -0.4 is 10.2 Å². The third-order valence-electron chi connectivity index (χ3n) is 5.21. The number of ether oxygens (including phenoxy) is 1. The SMILES string of the molecule is CC(C)[C@H]1COC(=O)N1c1ncnc(N[C@@H](C)c2cn(-c3ccc(C(F)(F)F)cc3)nn2)n1.[HH]. The number of amides is 1. The molecule has 0 saturated carbocycles. The van der Waals surface area contributed by atoms with Crippen molar-refractivity contribution in [1.82, 2.24) is 29.9 Å². The molecule has 0 spiro atoms. The Hall–Kier alpha value is -3.77. The van der Waals surface area contributed by atoms with Crippen molar-refractivity contribution in [3.05, 3.63) is 48.0 Å². The number of halogens is 3. The molecule has 3 aromatic rings. The number of rotatable bonds is 6. The van der Waals surface area contributed by atoms with Crippen LogP contribution in [0.4, 0.5) is 29.9 Å². The van der Waals surface area contributed by atoms with Crippen LogP contribution in [-0.4, -0.2) is 48.7 Å². The van der Waals surface area contributed by atoms with Gasteiger partial charge in [0.1, 0.15) is 18.6 Å². The van der Waals surface area contributed by atoms with Crippen LogP contribution in [0.1, 0.15) is 39.5 Å². The van der Waals surface area contributed by atoms with Gasteiger partial charge in [0.25, 0.3) is 0 Å². The highest BCUT2D eigenvalue weighted by molar-refractivity contribution is 5.88. The number of carbonyl (C=O) groups is 1. The second kappa shape index (κ2) is 8.64. The number of carbonyl (C=O) groups excluding carboxylic acids is 1. The first-order chi connectivity index (χ1) is 15.6. The number of alkyl halides is 3. The second-order valence-electron chi connectivity index (χ2n) is 7.87. The first kappa shape index (κ1) is 22.4. The molecule has 4 rings (SSSR count). The van der Waals surface area contributed by atoms with Crippen molar-refractivity contribution in [3.8, 4) is 5.69 Å². The standard InChI is InChI=1S/C20H21F3N8O2.H2/c1-11(2)16-9-33-19(32)31(16)18-25-10-24-17(27-18)26-12(3)15-8-30(29-28-15)14-6-4-13(5-7-14)20(21,22)23;/h4-8,10-12,16H,9H2,1-3H3,(H,24,25,26,27);1H/t12-,16+;/m0./s1. The average molecular weight is 464 g/mol. The van der Waals surface area contributed by atoms with Crippen LogP contribution in [-0.2, 0) is 10.9 Å². The molecule has 2 atom stereocenters. The summed E-state index contributed by atoms with van der Waals surface area (Å²) in [6, 6.07) is 4.02. The minimum Gasteiger partial charge on any atom is -0.447 e. The molecule has 0 aliphatic carbocycles. The van der Waals surface area contributed by atoms with Crippen molar-refractivity contribution in [2.45, 2.75) is 39.0 Å². The Kier molecular flexibility index (Phi) is 5.87. The predicted molar refractivity (Wildman–Crippen MR) is 113 cm³/mol. The molecule has 2 aromatic heterocycles. The van der Waals surface area contributed by atoms with Gasteiger partial charge in [0, 0.05) is 1.43 Å². The molecule has 3 heterocycles. The number of cyclic esters (lactones) is 1. The van der Waals surface area contributed by atoms with E-state index in [1.54, 1.807) is 13.1 Å². The molecule has 33 heavy (non-hydrogen) atoms. The van der Waals surface area contributed by atoms with Crippen LogP contribution in [0.2, 0.25) is 0 Å². The van der Waals surface area contributed by atoms with E-state index in [-0.39, 0.29) is 31.9 Å². The summed E-state index contributed by atoms with van der Waals surface area (Å²) in [7, 11) is 0. The van der Waals surface area contributed by atoms with Crippen LogP contribution in [0.25, 0.3) is 5.69 Å². The summed E-state index contributed by atoms with van der Waals surface area (Å²) in [6.07, 6.45) is -2.04. The highest BCUT2D eigenvalue weighted by Crippen LogP contribution is 2.30. The minimum absolute atomic E-state index is 0. The number of benzene rings is 1. The largest absolute Gasteiger partial charge is 0.447 e. The summed E-state index contributed by atoms with van der Waals surface area (Å²) >= 11 is 0. The monoisotopic (exact) mass is 464 g/mol. The maximum absolute atomic E-state index is 12.8. The topological polar surface area (TPSA) is 111 Å². The normalized spacial score (nSPS) is 17.4. The number of hydrogen-bond donors (Lipinski definition) is 1. The van der Waals surface area contributed by atoms with Crippen molar-refractivity contribution in [3.63, 3.8) is 0 Å². The quantitative estimate of drug-likeness (QED) is 0.585. The van der Waals surface area contributed by atoms with Gasteiger partial charge in [-0.1, -0.05) is 19.1 Å². The smallest absolute Gasteiger partial charge is 0.417 e. The Bertz CT molecular complexity index is 1140. The summed E-state index contributed by atoms with van der Waals surface area (Å²) in [6.45, 7) is 6.00. The molecule has 10 nitrogen and oxygen atoms in total. The van der Waals surface area contributed by atoms with Crippen molar-refractivity contribution < 1.29 is 24.1 Å². The van der Waals surface area contributed by atoms with Crippen molar-refractivity contribution in [2.24, 2.45) is 5.92 Å². The summed E-state index contributed by atoms with van der Waals surface area (Å²) in [5, 5.41) is 11.1. The average Bonchev–Trinajstić information content (AvgIpc) is 3.41. The lowest BCUT2D eigenvalue weighted by molar-refractivity contribution is -0.137. The number of nitrogens with zero attached hydrogens (tertiary/aromatic N) is 7. The van der Waals surface area contributed by atoms with E-state index in [1.165, 1.54) is 28.0 Å². The van der Waals surface area contributed by atoms with Gasteiger partial charge in [-0.05, 0) is 37.1 Å². The molecule has 176 valence electrons. The van der Waals surface area contributed by atoms with Gasteiger partial charge in [-0.15, -0.1) is 5.10 Å². The summed E-state index contributed by atoms with van der Waals surface area (Å²) in [5.74, 6) is 0.539. The zero-order chi connectivity index (χ0) is 23.8. The molecular weight excluding hydrogens is 441 g/mol. The third kappa shape index (κ3) is 4.71. The second-order valence-corrected chi connectivity index (χ2v) is 7.87. The minimum atomic E-state index is -4.41. The van der Waals surface area contributed by atoms with E-state index >= 15 is 0 Å². The van der Waals surface area contributed by atoms with Gasteiger partial charge < -0.3 is 10.1 Å². The van der Waals surface area contributed by atoms with Crippen LogP contribution in [0.15, 0.2) is 36.8 Å². The fourth-order valence-corrected chi connectivity index (χ4v) is 3.30. The summed E-state index contributed by atoms with van der Waals surface area (Å²) in [4.78, 5) is 26.1. The molecule has 1 saturated heterocycles. The van der Waals surface area contributed by atoms with E-state index in [4.69, 9.17) is 4.74 Å². The van der Waals surface area contributed by atoms with Crippen LogP contribution in [0.5, 0.6) is 0 Å². The van der Waals surface area contributed by atoms with Gasteiger partial charge in [0.15, 0.2) is 0 Å². The highest BCUT2D eigenvalue weighted by atomic mass is 19.4. The molecule has 0 bridgehead atoms. The highest BCUT2D eigenvalue weighted by Gasteiger charge is 2.38. The van der Waals surface area contributed by atoms with E-state index in [1.807, 2.05) is 13.8 Å². The number of hydrogen-bond acceptors (Lipinski definition) is 8. The first-order valence-electron chi connectivity index (χ1n) is 10.1. The van der Waals surface area contributed by atoms with Gasteiger partial charge in [-0.3, -0.25) is 0 Å². The van der Waals surface area contributed by atoms with Crippen molar-refractivity contribution >= 4 is 18.0 Å². The van der Waals surface area contributed by atoms with E-state index in [0.717, 1.165) is 12.1 Å². The van der Waals surface area contributed by atoms with Gasteiger partial charge in [-0.25, -0.2) is 24.3 Å². The number of anilines is 2. The zero-order valence-corrected chi connectivity index (χ0v) is 18.0.